The smallest absolute Gasteiger partial charge is 0.316 e. The quantitative estimate of drug-likeness (QED) is 0.627. The maximum Gasteiger partial charge on any atom is 0.316 e. The molecular formula is C16H18O5. The molecule has 3 atom stereocenters. The molecule has 0 heterocycles. The van der Waals surface area contributed by atoms with E-state index in [4.69, 9.17) is 9.47 Å². The van der Waals surface area contributed by atoms with Crippen molar-refractivity contribution in [1.29, 1.82) is 0 Å². The summed E-state index contributed by atoms with van der Waals surface area (Å²) < 4.78 is 10.1. The van der Waals surface area contributed by atoms with Gasteiger partial charge in [0, 0.05) is 19.3 Å². The van der Waals surface area contributed by atoms with E-state index < -0.39 is 24.0 Å². The zero-order valence-corrected chi connectivity index (χ0v) is 12.1. The number of ketones is 1. The number of esters is 2. The summed E-state index contributed by atoms with van der Waals surface area (Å²) in [7, 11) is 1.26. The maximum atomic E-state index is 12.0. The van der Waals surface area contributed by atoms with E-state index in [-0.39, 0.29) is 11.7 Å². The Hall–Kier alpha value is -2.17. The highest BCUT2D eigenvalue weighted by molar-refractivity contribution is 6.01. The monoisotopic (exact) mass is 290 g/mol. The first kappa shape index (κ1) is 15.2. The minimum atomic E-state index is -0.862. The predicted molar refractivity (Wildman–Crippen MR) is 74.2 cm³/mol. The topological polar surface area (TPSA) is 69.7 Å². The molecule has 1 aromatic carbocycles. The van der Waals surface area contributed by atoms with E-state index in [0.717, 1.165) is 5.56 Å². The van der Waals surface area contributed by atoms with Crippen LogP contribution >= 0.6 is 0 Å². The molecule has 0 spiro atoms. The van der Waals surface area contributed by atoms with Gasteiger partial charge in [0.25, 0.3) is 0 Å². The van der Waals surface area contributed by atoms with Crippen LogP contribution in [-0.4, -0.2) is 24.8 Å². The van der Waals surface area contributed by atoms with Gasteiger partial charge >= 0.3 is 11.9 Å². The average molecular weight is 290 g/mol. The number of hydrogen-bond acceptors (Lipinski definition) is 5. The molecule has 1 saturated carbocycles. The molecule has 0 amide bonds. The average Bonchev–Trinajstić information content (AvgIpc) is 2.86. The Kier molecular flexibility index (Phi) is 4.73. The summed E-state index contributed by atoms with van der Waals surface area (Å²) in [5.74, 6) is -2.39. The minimum Gasteiger partial charge on any atom is -0.468 e. The second-order valence-corrected chi connectivity index (χ2v) is 5.11. The van der Waals surface area contributed by atoms with Crippen molar-refractivity contribution in [2.75, 3.05) is 7.11 Å². The zero-order valence-electron chi connectivity index (χ0n) is 12.1. The van der Waals surface area contributed by atoms with E-state index in [1.807, 2.05) is 30.3 Å². The van der Waals surface area contributed by atoms with Crippen LogP contribution in [-0.2, 0) is 23.9 Å². The highest BCUT2D eigenvalue weighted by atomic mass is 16.5. The van der Waals surface area contributed by atoms with Crippen LogP contribution in [0.1, 0.15) is 31.4 Å². The number of carbonyl (C=O) groups excluding carboxylic acids is 3. The van der Waals surface area contributed by atoms with Crippen LogP contribution in [0.2, 0.25) is 0 Å². The van der Waals surface area contributed by atoms with Crippen LogP contribution in [0.3, 0.4) is 0 Å². The second-order valence-electron chi connectivity index (χ2n) is 5.11. The zero-order chi connectivity index (χ0) is 15.4. The lowest BCUT2D eigenvalue weighted by atomic mass is 9.86. The van der Waals surface area contributed by atoms with Gasteiger partial charge in [-0.15, -0.1) is 0 Å². The molecule has 0 N–H and O–H groups in total. The van der Waals surface area contributed by atoms with Gasteiger partial charge in [-0.05, 0) is 12.0 Å². The van der Waals surface area contributed by atoms with Crippen LogP contribution in [0.25, 0.3) is 0 Å². The van der Waals surface area contributed by atoms with Gasteiger partial charge in [0.1, 0.15) is 17.8 Å². The van der Waals surface area contributed by atoms with Gasteiger partial charge in [-0.25, -0.2) is 0 Å². The number of rotatable bonds is 4. The number of hydrogen-bond donors (Lipinski definition) is 0. The molecule has 1 fully saturated rings. The predicted octanol–water partition coefficient (Wildman–Crippen LogP) is 2.06. The Balaban J connectivity index is 2.34. The van der Waals surface area contributed by atoms with Crippen molar-refractivity contribution in [2.24, 2.45) is 11.8 Å². The van der Waals surface area contributed by atoms with Gasteiger partial charge in [0.15, 0.2) is 0 Å². The van der Waals surface area contributed by atoms with Crippen LogP contribution in [0.4, 0.5) is 0 Å². The number of methoxy groups -OCH3 is 1. The van der Waals surface area contributed by atoms with E-state index >= 15 is 0 Å². The van der Waals surface area contributed by atoms with Crippen molar-refractivity contribution < 1.29 is 23.9 Å². The molecule has 21 heavy (non-hydrogen) atoms. The molecule has 0 radical (unpaired) electrons. The van der Waals surface area contributed by atoms with Crippen LogP contribution in [0.15, 0.2) is 30.3 Å². The van der Waals surface area contributed by atoms with Crippen molar-refractivity contribution >= 4 is 17.7 Å². The Morgan fingerprint density at radius 2 is 1.90 bits per heavy atom. The highest BCUT2D eigenvalue weighted by Gasteiger charge is 2.46. The van der Waals surface area contributed by atoms with E-state index in [9.17, 15) is 14.4 Å². The Bertz CT molecular complexity index is 537. The third-order valence-electron chi connectivity index (χ3n) is 3.76. The fourth-order valence-electron chi connectivity index (χ4n) is 2.85. The van der Waals surface area contributed by atoms with E-state index in [1.165, 1.54) is 14.0 Å². The Morgan fingerprint density at radius 3 is 2.48 bits per heavy atom. The van der Waals surface area contributed by atoms with E-state index in [1.54, 1.807) is 0 Å². The third kappa shape index (κ3) is 3.29. The van der Waals surface area contributed by atoms with Crippen molar-refractivity contribution in [3.05, 3.63) is 35.9 Å². The SMILES string of the molecule is COC(=O)C1C(=O)CCC1C(OC(C)=O)c1ccccc1. The van der Waals surface area contributed by atoms with E-state index in [0.29, 0.717) is 12.8 Å². The number of ether oxygens (including phenoxy) is 2. The molecule has 0 saturated heterocycles. The van der Waals surface area contributed by atoms with Gasteiger partial charge in [-0.3, -0.25) is 14.4 Å². The van der Waals surface area contributed by atoms with Crippen LogP contribution in [0, 0.1) is 11.8 Å². The fraction of sp³-hybridized carbons (Fsp3) is 0.438. The highest BCUT2D eigenvalue weighted by Crippen LogP contribution is 2.41. The summed E-state index contributed by atoms with van der Waals surface area (Å²) in [6, 6.07) is 9.16. The number of benzene rings is 1. The summed E-state index contributed by atoms with van der Waals surface area (Å²) in [4.78, 5) is 35.2. The maximum absolute atomic E-state index is 12.0. The van der Waals surface area contributed by atoms with Crippen LogP contribution < -0.4 is 0 Å². The molecule has 1 aromatic rings. The van der Waals surface area contributed by atoms with Gasteiger partial charge in [0.2, 0.25) is 0 Å². The summed E-state index contributed by atoms with van der Waals surface area (Å²) in [5.41, 5.74) is 0.779. The summed E-state index contributed by atoms with van der Waals surface area (Å²) in [6.45, 7) is 1.32. The standard InChI is InChI=1S/C16H18O5/c1-10(17)21-15(11-6-4-3-5-7-11)12-8-9-13(18)14(12)16(19)20-2/h3-7,12,14-15H,8-9H2,1-2H3. The van der Waals surface area contributed by atoms with Crippen LogP contribution in [0.5, 0.6) is 0 Å². The molecule has 2 rings (SSSR count). The first-order valence-electron chi connectivity index (χ1n) is 6.87. The molecule has 112 valence electrons. The Morgan fingerprint density at radius 1 is 1.24 bits per heavy atom. The lowest BCUT2D eigenvalue weighted by Gasteiger charge is -2.26. The molecule has 1 aliphatic rings. The molecule has 3 unspecified atom stereocenters. The molecule has 5 heteroatoms. The summed E-state index contributed by atoms with van der Waals surface area (Å²) in [5, 5.41) is 0. The number of carbonyl (C=O) groups is 3. The third-order valence-corrected chi connectivity index (χ3v) is 3.76. The van der Waals surface area contributed by atoms with Crippen molar-refractivity contribution in [2.45, 2.75) is 25.9 Å². The fourth-order valence-corrected chi connectivity index (χ4v) is 2.85. The molecule has 0 aliphatic heterocycles. The second kappa shape index (κ2) is 6.52. The molecule has 5 nitrogen and oxygen atoms in total. The summed E-state index contributed by atoms with van der Waals surface area (Å²) in [6.07, 6.45) is 0.194. The van der Waals surface area contributed by atoms with Gasteiger partial charge in [0.05, 0.1) is 7.11 Å². The summed E-state index contributed by atoms with van der Waals surface area (Å²) >= 11 is 0. The lowest BCUT2D eigenvalue weighted by molar-refractivity contribution is -0.159. The molecule has 0 aromatic heterocycles. The van der Waals surface area contributed by atoms with E-state index in [2.05, 4.69) is 0 Å². The van der Waals surface area contributed by atoms with Gasteiger partial charge < -0.3 is 9.47 Å². The van der Waals surface area contributed by atoms with Crippen molar-refractivity contribution in [3.63, 3.8) is 0 Å². The number of Topliss-reactive ketones (excluding diaryl/α,β-unsaturated/α-hetero) is 1. The minimum absolute atomic E-state index is 0.153. The van der Waals surface area contributed by atoms with Crippen molar-refractivity contribution in [3.8, 4) is 0 Å². The van der Waals surface area contributed by atoms with Crippen molar-refractivity contribution in [1.82, 2.24) is 0 Å². The first-order valence-corrected chi connectivity index (χ1v) is 6.87. The first-order chi connectivity index (χ1) is 10.0. The lowest BCUT2D eigenvalue weighted by Crippen LogP contribution is -2.31. The van der Waals surface area contributed by atoms with Gasteiger partial charge in [-0.1, -0.05) is 30.3 Å². The molecule has 1 aliphatic carbocycles. The van der Waals surface area contributed by atoms with Gasteiger partial charge in [-0.2, -0.15) is 0 Å². The molecular weight excluding hydrogens is 272 g/mol. The normalized spacial score (nSPS) is 22.7. The largest absolute Gasteiger partial charge is 0.468 e. The Labute approximate surface area is 123 Å². The molecule has 0 bridgehead atoms.